The molecule has 5 rings (SSSR count). The van der Waals surface area contributed by atoms with Gasteiger partial charge in [-0.2, -0.15) is 0 Å². The van der Waals surface area contributed by atoms with E-state index in [1.165, 1.54) is 5.56 Å². The van der Waals surface area contributed by atoms with Crippen molar-refractivity contribution in [3.05, 3.63) is 65.9 Å². The number of likely N-dealkylation sites (tertiary alicyclic amines) is 2. The molecule has 3 aliphatic heterocycles. The largest absolute Gasteiger partial charge is 0.497 e. The second-order valence-corrected chi connectivity index (χ2v) is 9.05. The summed E-state index contributed by atoms with van der Waals surface area (Å²) < 4.78 is 11.2. The van der Waals surface area contributed by atoms with Crippen LogP contribution in [-0.4, -0.2) is 71.1 Å². The molecule has 0 bridgehead atoms. The van der Waals surface area contributed by atoms with Gasteiger partial charge in [-0.25, -0.2) is 4.79 Å². The number of β-amino-alcohol motifs (C(OH)–C–C–N with tert-alkyl or cyclic N) is 1. The number of ether oxygens (including phenoxy) is 2. The maximum absolute atomic E-state index is 12.7. The molecule has 0 unspecified atom stereocenters. The standard InChI is InChI=1S/C25H30N4O5/c1-3-25(31)16-27(17-25)13-18-4-8-21(9-5-18)33-22-14-28(15-22)24(30)29-26-12-23(34-29)19-6-10-20(32-2)11-7-19/h4-12,22,26,31H,3,13-17H2,1-2H3. The van der Waals surface area contributed by atoms with Gasteiger partial charge in [0.15, 0.2) is 5.76 Å². The molecule has 0 aliphatic carbocycles. The summed E-state index contributed by atoms with van der Waals surface area (Å²) in [5.74, 6) is 2.10. The van der Waals surface area contributed by atoms with Crippen molar-refractivity contribution in [3.8, 4) is 11.5 Å². The molecule has 34 heavy (non-hydrogen) atoms. The highest BCUT2D eigenvalue weighted by atomic mass is 16.7. The van der Waals surface area contributed by atoms with Gasteiger partial charge >= 0.3 is 6.03 Å². The average molecular weight is 467 g/mol. The molecule has 3 aliphatic rings. The summed E-state index contributed by atoms with van der Waals surface area (Å²) in [5, 5.41) is 11.3. The summed E-state index contributed by atoms with van der Waals surface area (Å²) >= 11 is 0. The van der Waals surface area contributed by atoms with E-state index >= 15 is 0 Å². The minimum atomic E-state index is -0.514. The van der Waals surface area contributed by atoms with Crippen LogP contribution in [0.5, 0.6) is 11.5 Å². The van der Waals surface area contributed by atoms with Gasteiger partial charge in [-0.3, -0.25) is 10.3 Å². The fraction of sp³-hybridized carbons (Fsp3) is 0.400. The van der Waals surface area contributed by atoms with E-state index in [9.17, 15) is 9.90 Å². The molecule has 2 N–H and O–H groups in total. The van der Waals surface area contributed by atoms with Crippen LogP contribution in [0.4, 0.5) is 4.79 Å². The van der Waals surface area contributed by atoms with E-state index in [0.29, 0.717) is 18.8 Å². The molecule has 3 heterocycles. The number of hydrogen-bond acceptors (Lipinski definition) is 7. The Kier molecular flexibility index (Phi) is 5.97. The van der Waals surface area contributed by atoms with E-state index in [-0.39, 0.29) is 12.1 Å². The maximum atomic E-state index is 12.7. The average Bonchev–Trinajstić information content (AvgIpc) is 3.31. The van der Waals surface area contributed by atoms with Crippen molar-refractivity contribution in [3.63, 3.8) is 0 Å². The van der Waals surface area contributed by atoms with Crippen LogP contribution < -0.4 is 14.9 Å². The summed E-state index contributed by atoms with van der Waals surface area (Å²) in [6, 6.07) is 15.2. The Morgan fingerprint density at radius 3 is 2.44 bits per heavy atom. The third kappa shape index (κ3) is 4.62. The highest BCUT2D eigenvalue weighted by molar-refractivity contribution is 5.76. The number of methoxy groups -OCH3 is 1. The predicted molar refractivity (Wildman–Crippen MR) is 125 cm³/mol. The molecule has 9 heteroatoms. The first-order chi connectivity index (χ1) is 16.4. The first kappa shape index (κ1) is 22.4. The number of nitrogens with one attached hydrogen (secondary N) is 1. The summed E-state index contributed by atoms with van der Waals surface area (Å²) in [4.78, 5) is 22.2. The lowest BCUT2D eigenvalue weighted by molar-refractivity contribution is -0.103. The van der Waals surface area contributed by atoms with E-state index < -0.39 is 5.60 Å². The van der Waals surface area contributed by atoms with E-state index in [1.807, 2.05) is 43.3 Å². The fourth-order valence-corrected chi connectivity index (χ4v) is 4.30. The highest BCUT2D eigenvalue weighted by Gasteiger charge is 2.39. The molecular weight excluding hydrogens is 436 g/mol. The monoisotopic (exact) mass is 466 g/mol. The van der Waals surface area contributed by atoms with Crippen LogP contribution in [0.15, 0.2) is 54.7 Å². The first-order valence-electron chi connectivity index (χ1n) is 11.5. The van der Waals surface area contributed by atoms with Crippen LogP contribution >= 0.6 is 0 Å². The topological polar surface area (TPSA) is 86.7 Å². The molecule has 0 atom stereocenters. The Morgan fingerprint density at radius 1 is 1.12 bits per heavy atom. The molecule has 0 radical (unpaired) electrons. The van der Waals surface area contributed by atoms with E-state index in [1.54, 1.807) is 18.2 Å². The number of urea groups is 1. The zero-order chi connectivity index (χ0) is 23.7. The second kappa shape index (κ2) is 9.08. The van der Waals surface area contributed by atoms with Crippen LogP contribution in [-0.2, 0) is 11.4 Å². The van der Waals surface area contributed by atoms with Gasteiger partial charge in [0.25, 0.3) is 0 Å². The summed E-state index contributed by atoms with van der Waals surface area (Å²) in [6.45, 7) is 5.27. The quantitative estimate of drug-likeness (QED) is 0.649. The fourth-order valence-electron chi connectivity index (χ4n) is 4.30. The van der Waals surface area contributed by atoms with Gasteiger partial charge < -0.3 is 24.3 Å². The van der Waals surface area contributed by atoms with Crippen molar-refractivity contribution in [2.24, 2.45) is 0 Å². The smallest absolute Gasteiger partial charge is 0.373 e. The highest BCUT2D eigenvalue weighted by Crippen LogP contribution is 2.27. The number of carbonyl (C=O) groups is 1. The van der Waals surface area contributed by atoms with Gasteiger partial charge in [-0.05, 0) is 48.4 Å². The zero-order valence-corrected chi connectivity index (χ0v) is 19.4. The summed E-state index contributed by atoms with van der Waals surface area (Å²) in [5.41, 5.74) is 4.37. The van der Waals surface area contributed by atoms with E-state index in [0.717, 1.165) is 48.3 Å². The van der Waals surface area contributed by atoms with Crippen LogP contribution in [0.2, 0.25) is 0 Å². The first-order valence-corrected chi connectivity index (χ1v) is 11.5. The number of benzene rings is 2. The number of nitrogens with zero attached hydrogens (tertiary/aromatic N) is 3. The molecule has 2 aromatic rings. The lowest BCUT2D eigenvalue weighted by Crippen LogP contribution is -2.60. The molecule has 2 saturated heterocycles. The van der Waals surface area contributed by atoms with Gasteiger partial charge in [0.2, 0.25) is 0 Å². The third-order valence-corrected chi connectivity index (χ3v) is 6.50. The Hall–Kier alpha value is -3.43. The van der Waals surface area contributed by atoms with Crippen LogP contribution in [0, 0.1) is 0 Å². The van der Waals surface area contributed by atoms with Crippen molar-refractivity contribution < 1.29 is 24.2 Å². The van der Waals surface area contributed by atoms with Gasteiger partial charge in [0.05, 0.1) is 32.0 Å². The number of hydrazine groups is 1. The zero-order valence-electron chi connectivity index (χ0n) is 19.4. The Balaban J connectivity index is 1.05. The van der Waals surface area contributed by atoms with Gasteiger partial charge in [0, 0.05) is 25.2 Å². The number of aliphatic hydroxyl groups is 1. The van der Waals surface area contributed by atoms with Crippen LogP contribution in [0.1, 0.15) is 24.5 Å². The normalized spacial score (nSPS) is 19.4. The van der Waals surface area contributed by atoms with Crippen molar-refractivity contribution >= 4 is 11.8 Å². The number of amides is 2. The SMILES string of the molecule is CCC1(O)CN(Cc2ccc(OC3CN(C(=O)N4NC=C(c5ccc(OC)cc5)O4)C3)cc2)C1. The number of hydroxylamine groups is 1. The Bertz CT molecular complexity index is 1040. The molecular formula is C25H30N4O5. The number of rotatable bonds is 7. The van der Waals surface area contributed by atoms with Gasteiger partial charge in [-0.1, -0.05) is 24.2 Å². The molecule has 2 amide bonds. The van der Waals surface area contributed by atoms with Crippen LogP contribution in [0.3, 0.4) is 0 Å². The van der Waals surface area contributed by atoms with E-state index in [4.69, 9.17) is 14.3 Å². The number of hydrogen-bond donors (Lipinski definition) is 2. The molecule has 2 fully saturated rings. The third-order valence-electron chi connectivity index (χ3n) is 6.50. The van der Waals surface area contributed by atoms with Crippen molar-refractivity contribution in [1.29, 1.82) is 0 Å². The maximum Gasteiger partial charge on any atom is 0.373 e. The van der Waals surface area contributed by atoms with Crippen molar-refractivity contribution in [2.75, 3.05) is 33.3 Å². The van der Waals surface area contributed by atoms with Gasteiger partial charge in [0.1, 0.15) is 17.6 Å². The Labute approximate surface area is 199 Å². The molecule has 0 saturated carbocycles. The minimum absolute atomic E-state index is 0.0543. The van der Waals surface area contributed by atoms with E-state index in [2.05, 4.69) is 22.5 Å². The van der Waals surface area contributed by atoms with Crippen molar-refractivity contribution in [1.82, 2.24) is 20.4 Å². The molecule has 180 valence electrons. The second-order valence-electron chi connectivity index (χ2n) is 9.05. The minimum Gasteiger partial charge on any atom is -0.497 e. The van der Waals surface area contributed by atoms with Crippen LogP contribution in [0.25, 0.3) is 5.76 Å². The Morgan fingerprint density at radius 2 is 1.79 bits per heavy atom. The summed E-state index contributed by atoms with van der Waals surface area (Å²) in [6.07, 6.45) is 2.39. The molecule has 2 aromatic carbocycles. The molecule has 9 nitrogen and oxygen atoms in total. The summed E-state index contributed by atoms with van der Waals surface area (Å²) in [7, 11) is 1.61. The molecule has 0 spiro atoms. The lowest BCUT2D eigenvalue weighted by Gasteiger charge is -2.46. The number of carbonyl (C=O) groups excluding carboxylic acids is 1. The van der Waals surface area contributed by atoms with Crippen molar-refractivity contribution in [2.45, 2.75) is 31.6 Å². The molecule has 0 aromatic heterocycles. The predicted octanol–water partition coefficient (Wildman–Crippen LogP) is 2.59. The van der Waals surface area contributed by atoms with Gasteiger partial charge in [-0.15, -0.1) is 0 Å². The lowest BCUT2D eigenvalue weighted by atomic mass is 9.91.